The molecular formula is C19H18F3NO3S. The van der Waals surface area contributed by atoms with Crippen molar-refractivity contribution in [3.8, 4) is 5.75 Å². The zero-order chi connectivity index (χ0) is 19.9. The molecule has 2 aromatic carbocycles. The van der Waals surface area contributed by atoms with Crippen LogP contribution in [0.3, 0.4) is 0 Å². The maximum atomic E-state index is 13.1. The quantitative estimate of drug-likeness (QED) is 0.547. The molecule has 0 fully saturated rings. The maximum absolute atomic E-state index is 13.1. The van der Waals surface area contributed by atoms with Crippen LogP contribution in [0, 0.1) is 0 Å². The summed E-state index contributed by atoms with van der Waals surface area (Å²) in [5.74, 6) is -0.622. The van der Waals surface area contributed by atoms with E-state index in [9.17, 15) is 18.0 Å². The molecule has 0 amide bonds. The second-order valence-electron chi connectivity index (χ2n) is 5.31. The summed E-state index contributed by atoms with van der Waals surface area (Å²) in [7, 11) is 2.49. The molecule has 8 heteroatoms. The zero-order valence-electron chi connectivity index (χ0n) is 14.7. The van der Waals surface area contributed by atoms with Crippen molar-refractivity contribution in [1.82, 2.24) is 5.32 Å². The van der Waals surface area contributed by atoms with E-state index in [1.165, 1.54) is 7.11 Å². The second-order valence-corrected chi connectivity index (χ2v) is 6.39. The van der Waals surface area contributed by atoms with Gasteiger partial charge in [-0.2, -0.15) is 13.2 Å². The number of nitrogens with one attached hydrogen (secondary N) is 1. The average molecular weight is 397 g/mol. The lowest BCUT2D eigenvalue weighted by atomic mass is 10.1. The van der Waals surface area contributed by atoms with Gasteiger partial charge in [0, 0.05) is 12.1 Å². The molecule has 0 saturated carbocycles. The Morgan fingerprint density at radius 2 is 1.78 bits per heavy atom. The number of ether oxygens (including phenoxy) is 2. The van der Waals surface area contributed by atoms with Crippen molar-refractivity contribution in [3.05, 3.63) is 70.6 Å². The number of esters is 1. The third kappa shape index (κ3) is 6.25. The van der Waals surface area contributed by atoms with Gasteiger partial charge >= 0.3 is 11.5 Å². The summed E-state index contributed by atoms with van der Waals surface area (Å²) in [6.07, 6.45) is 0. The van der Waals surface area contributed by atoms with Crippen molar-refractivity contribution in [1.29, 1.82) is 0 Å². The van der Waals surface area contributed by atoms with Gasteiger partial charge in [0.15, 0.2) is 0 Å². The molecule has 0 spiro atoms. The lowest BCUT2D eigenvalue weighted by molar-refractivity contribution is -0.135. The van der Waals surface area contributed by atoms with E-state index in [0.29, 0.717) is 11.3 Å². The van der Waals surface area contributed by atoms with Gasteiger partial charge in [0.1, 0.15) is 10.7 Å². The normalized spacial score (nSPS) is 12.2. The predicted molar refractivity (Wildman–Crippen MR) is 98.9 cm³/mol. The standard InChI is InChI=1S/C19H18F3NO3S/c1-25-15-10-6-9-14(11-15)16(23-12-13-7-4-3-5-8-13)17(18(24)26-2)27-19(20,21)22/h3-11,23H,12H2,1-2H3/b17-16+. The Labute approximate surface area is 159 Å². The van der Waals surface area contributed by atoms with Crippen LogP contribution in [0.2, 0.25) is 0 Å². The highest BCUT2D eigenvalue weighted by atomic mass is 32.2. The fraction of sp³-hybridized carbons (Fsp3) is 0.211. The van der Waals surface area contributed by atoms with E-state index in [4.69, 9.17) is 4.74 Å². The van der Waals surface area contributed by atoms with Crippen LogP contribution in [0.5, 0.6) is 5.75 Å². The van der Waals surface area contributed by atoms with Gasteiger partial charge in [-0.15, -0.1) is 0 Å². The smallest absolute Gasteiger partial charge is 0.446 e. The number of halogens is 3. The molecular weight excluding hydrogens is 379 g/mol. The molecule has 0 saturated heterocycles. The van der Waals surface area contributed by atoms with Crippen LogP contribution in [0.4, 0.5) is 13.2 Å². The van der Waals surface area contributed by atoms with Crippen molar-refractivity contribution in [2.24, 2.45) is 0 Å². The highest BCUT2D eigenvalue weighted by Gasteiger charge is 2.35. The van der Waals surface area contributed by atoms with Crippen molar-refractivity contribution in [3.63, 3.8) is 0 Å². The Bertz CT molecular complexity index is 807. The van der Waals surface area contributed by atoms with Crippen LogP contribution in [0.1, 0.15) is 11.1 Å². The van der Waals surface area contributed by atoms with Gasteiger partial charge < -0.3 is 14.8 Å². The van der Waals surface area contributed by atoms with E-state index in [1.807, 2.05) is 30.3 Å². The number of hydrogen-bond donors (Lipinski definition) is 1. The van der Waals surface area contributed by atoms with Gasteiger partial charge in [0.05, 0.1) is 19.9 Å². The summed E-state index contributed by atoms with van der Waals surface area (Å²) in [4.78, 5) is 11.5. The molecule has 0 aliphatic heterocycles. The molecule has 144 valence electrons. The number of alkyl halides is 3. The van der Waals surface area contributed by atoms with Crippen LogP contribution in [-0.2, 0) is 16.1 Å². The number of hydrogen-bond acceptors (Lipinski definition) is 5. The van der Waals surface area contributed by atoms with E-state index in [1.54, 1.807) is 24.3 Å². The Kier molecular flexibility index (Phi) is 7.18. The summed E-state index contributed by atoms with van der Waals surface area (Å²) in [5.41, 5.74) is -3.41. The fourth-order valence-corrected chi connectivity index (χ4v) is 2.97. The molecule has 0 heterocycles. The number of carbonyl (C=O) groups is 1. The van der Waals surface area contributed by atoms with E-state index in [2.05, 4.69) is 10.1 Å². The Balaban J connectivity index is 2.51. The molecule has 0 aromatic heterocycles. The first kappa shape index (κ1) is 20.7. The number of carbonyl (C=O) groups excluding carboxylic acids is 1. The Morgan fingerprint density at radius 1 is 1.07 bits per heavy atom. The number of benzene rings is 2. The average Bonchev–Trinajstić information content (AvgIpc) is 2.66. The first-order valence-corrected chi connectivity index (χ1v) is 8.66. The van der Waals surface area contributed by atoms with Crippen molar-refractivity contribution in [2.75, 3.05) is 14.2 Å². The number of methoxy groups -OCH3 is 2. The highest BCUT2D eigenvalue weighted by molar-refractivity contribution is 8.05. The third-order valence-corrected chi connectivity index (χ3v) is 4.29. The Morgan fingerprint density at radius 3 is 2.37 bits per heavy atom. The second kappa shape index (κ2) is 9.36. The molecule has 2 aromatic rings. The molecule has 0 unspecified atom stereocenters. The largest absolute Gasteiger partial charge is 0.497 e. The van der Waals surface area contributed by atoms with E-state index in [0.717, 1.165) is 12.7 Å². The van der Waals surface area contributed by atoms with Gasteiger partial charge in [-0.3, -0.25) is 0 Å². The SMILES string of the molecule is COC(=O)/C(SC(F)(F)F)=C(\NCc1ccccc1)c1cccc(OC)c1. The van der Waals surface area contributed by atoms with Gasteiger partial charge in [0.2, 0.25) is 0 Å². The molecule has 4 nitrogen and oxygen atoms in total. The van der Waals surface area contributed by atoms with Crippen molar-refractivity contribution < 1.29 is 27.4 Å². The van der Waals surface area contributed by atoms with Crippen LogP contribution in [0.15, 0.2) is 59.5 Å². The highest BCUT2D eigenvalue weighted by Crippen LogP contribution is 2.40. The predicted octanol–water partition coefficient (Wildman–Crippen LogP) is 4.58. The minimum absolute atomic E-state index is 0.0203. The van der Waals surface area contributed by atoms with Crippen LogP contribution in [0.25, 0.3) is 5.70 Å². The molecule has 27 heavy (non-hydrogen) atoms. The number of thioether (sulfide) groups is 1. The van der Waals surface area contributed by atoms with Crippen LogP contribution in [-0.4, -0.2) is 25.7 Å². The molecule has 2 rings (SSSR count). The maximum Gasteiger partial charge on any atom is 0.446 e. The minimum Gasteiger partial charge on any atom is -0.497 e. The topological polar surface area (TPSA) is 47.6 Å². The Hall–Kier alpha value is -2.61. The molecule has 1 N–H and O–H groups in total. The zero-order valence-corrected chi connectivity index (χ0v) is 15.5. The summed E-state index contributed by atoms with van der Waals surface area (Å²) in [6.45, 7) is 0.228. The molecule has 0 aliphatic rings. The van der Waals surface area contributed by atoms with E-state index < -0.39 is 28.1 Å². The first-order valence-electron chi connectivity index (χ1n) is 7.84. The van der Waals surface area contributed by atoms with Crippen molar-refractivity contribution in [2.45, 2.75) is 12.1 Å². The molecule has 0 radical (unpaired) electrons. The molecule has 0 atom stereocenters. The van der Waals surface area contributed by atoms with Crippen LogP contribution < -0.4 is 10.1 Å². The number of rotatable bonds is 7. The van der Waals surface area contributed by atoms with Gasteiger partial charge in [-0.25, -0.2) is 4.79 Å². The minimum atomic E-state index is -4.65. The van der Waals surface area contributed by atoms with Gasteiger partial charge in [-0.05, 0) is 29.5 Å². The van der Waals surface area contributed by atoms with Gasteiger partial charge in [-0.1, -0.05) is 42.5 Å². The van der Waals surface area contributed by atoms with E-state index >= 15 is 0 Å². The summed E-state index contributed by atoms with van der Waals surface area (Å²) >= 11 is -0.512. The van der Waals surface area contributed by atoms with Crippen molar-refractivity contribution >= 4 is 23.4 Å². The molecule has 0 aliphatic carbocycles. The monoisotopic (exact) mass is 397 g/mol. The van der Waals surface area contributed by atoms with Crippen LogP contribution >= 0.6 is 11.8 Å². The molecule has 0 bridgehead atoms. The fourth-order valence-electron chi connectivity index (χ4n) is 2.28. The van der Waals surface area contributed by atoms with Gasteiger partial charge in [0.25, 0.3) is 0 Å². The lowest BCUT2D eigenvalue weighted by Gasteiger charge is -2.18. The summed E-state index contributed by atoms with van der Waals surface area (Å²) in [6, 6.07) is 15.5. The first-order chi connectivity index (χ1) is 12.8. The summed E-state index contributed by atoms with van der Waals surface area (Å²) < 4.78 is 48.9. The third-order valence-electron chi connectivity index (χ3n) is 3.49. The lowest BCUT2D eigenvalue weighted by Crippen LogP contribution is -2.19. The summed E-state index contributed by atoms with van der Waals surface area (Å²) in [5, 5.41) is 2.94. The van der Waals surface area contributed by atoms with E-state index in [-0.39, 0.29) is 12.2 Å².